The van der Waals surface area contributed by atoms with E-state index in [1.807, 2.05) is 6.92 Å². The molecule has 1 aromatic heterocycles. The van der Waals surface area contributed by atoms with Crippen LogP contribution in [0, 0.1) is 6.92 Å². The Morgan fingerprint density at radius 1 is 1.07 bits per heavy atom. The lowest BCUT2D eigenvalue weighted by atomic mass is 9.83. The molecule has 0 bridgehead atoms. The van der Waals surface area contributed by atoms with E-state index in [1.165, 1.54) is 43.5 Å². The first kappa shape index (κ1) is 10.1. The number of hydrogen-bond donors (Lipinski definition) is 0. The highest BCUT2D eigenvalue weighted by Crippen LogP contribution is 2.38. The third-order valence-electron chi connectivity index (χ3n) is 3.25. The molecule has 0 N–H and O–H groups in total. The molecule has 1 heterocycles. The molecule has 0 unspecified atom stereocenters. The van der Waals surface area contributed by atoms with Gasteiger partial charge in [-0.25, -0.2) is 0 Å². The summed E-state index contributed by atoms with van der Waals surface area (Å²) in [6.07, 6.45) is 8.09. The van der Waals surface area contributed by atoms with Crippen LogP contribution in [0.5, 0.6) is 0 Å². The molecular formula is C11H18N2S. The summed E-state index contributed by atoms with van der Waals surface area (Å²) in [6, 6.07) is 0. The van der Waals surface area contributed by atoms with Crippen LogP contribution < -0.4 is 0 Å². The van der Waals surface area contributed by atoms with Crippen molar-refractivity contribution in [2.45, 2.75) is 57.8 Å². The minimum Gasteiger partial charge on any atom is -0.144 e. The second kappa shape index (κ2) is 3.97. The molecule has 1 saturated carbocycles. The summed E-state index contributed by atoms with van der Waals surface area (Å²) >= 11 is 1.78. The molecule has 3 heteroatoms. The van der Waals surface area contributed by atoms with Gasteiger partial charge in [0, 0.05) is 5.41 Å². The zero-order valence-corrected chi connectivity index (χ0v) is 9.86. The summed E-state index contributed by atoms with van der Waals surface area (Å²) in [4.78, 5) is 0. The van der Waals surface area contributed by atoms with Crippen LogP contribution in [0.25, 0.3) is 0 Å². The maximum Gasteiger partial charge on any atom is 0.123 e. The lowest BCUT2D eigenvalue weighted by Gasteiger charge is -2.24. The summed E-state index contributed by atoms with van der Waals surface area (Å²) < 4.78 is 0. The van der Waals surface area contributed by atoms with E-state index in [-0.39, 0.29) is 0 Å². The number of nitrogens with zero attached hydrogens (tertiary/aromatic N) is 2. The van der Waals surface area contributed by atoms with Crippen LogP contribution in [0.1, 0.15) is 55.5 Å². The van der Waals surface area contributed by atoms with Crippen molar-refractivity contribution in [2.75, 3.05) is 0 Å². The Balaban J connectivity index is 2.20. The van der Waals surface area contributed by atoms with Gasteiger partial charge in [-0.1, -0.05) is 32.6 Å². The Bertz CT molecular complexity index is 298. The molecule has 0 radical (unpaired) electrons. The van der Waals surface area contributed by atoms with Gasteiger partial charge in [0.1, 0.15) is 10.0 Å². The van der Waals surface area contributed by atoms with Crippen LogP contribution in [-0.4, -0.2) is 10.2 Å². The van der Waals surface area contributed by atoms with E-state index in [4.69, 9.17) is 0 Å². The lowest BCUT2D eigenvalue weighted by molar-refractivity contribution is 0.404. The third kappa shape index (κ3) is 1.97. The van der Waals surface area contributed by atoms with Gasteiger partial charge in [-0.2, -0.15) is 0 Å². The lowest BCUT2D eigenvalue weighted by Crippen LogP contribution is -2.20. The average Bonchev–Trinajstić information content (AvgIpc) is 2.47. The summed E-state index contributed by atoms with van der Waals surface area (Å²) in [5, 5.41) is 10.8. The van der Waals surface area contributed by atoms with E-state index in [0.29, 0.717) is 5.41 Å². The topological polar surface area (TPSA) is 25.8 Å². The van der Waals surface area contributed by atoms with Gasteiger partial charge >= 0.3 is 0 Å². The molecule has 2 nitrogen and oxygen atoms in total. The Hall–Kier alpha value is -0.440. The Morgan fingerprint density at radius 3 is 2.21 bits per heavy atom. The first-order chi connectivity index (χ1) is 6.71. The fourth-order valence-electron chi connectivity index (χ4n) is 2.26. The molecule has 1 aliphatic carbocycles. The SMILES string of the molecule is Cc1nnc(C2(C)CCCCCC2)s1. The monoisotopic (exact) mass is 210 g/mol. The van der Waals surface area contributed by atoms with Gasteiger partial charge in [0.25, 0.3) is 0 Å². The van der Waals surface area contributed by atoms with E-state index in [9.17, 15) is 0 Å². The van der Waals surface area contributed by atoms with Gasteiger partial charge in [0.15, 0.2) is 0 Å². The Kier molecular flexibility index (Phi) is 2.86. The van der Waals surface area contributed by atoms with E-state index in [1.54, 1.807) is 11.3 Å². The summed E-state index contributed by atoms with van der Waals surface area (Å²) in [7, 11) is 0. The quantitative estimate of drug-likeness (QED) is 0.663. The molecular weight excluding hydrogens is 192 g/mol. The van der Waals surface area contributed by atoms with Gasteiger partial charge in [0.05, 0.1) is 0 Å². The van der Waals surface area contributed by atoms with E-state index in [0.717, 1.165) is 5.01 Å². The van der Waals surface area contributed by atoms with Gasteiger partial charge in [-0.05, 0) is 19.8 Å². The van der Waals surface area contributed by atoms with Crippen LogP contribution in [0.15, 0.2) is 0 Å². The second-order valence-corrected chi connectivity index (χ2v) is 5.78. The van der Waals surface area contributed by atoms with E-state index in [2.05, 4.69) is 17.1 Å². The number of aromatic nitrogens is 2. The van der Waals surface area contributed by atoms with E-state index < -0.39 is 0 Å². The molecule has 0 spiro atoms. The van der Waals surface area contributed by atoms with Gasteiger partial charge < -0.3 is 0 Å². The van der Waals surface area contributed by atoms with Crippen molar-refractivity contribution in [3.8, 4) is 0 Å². The first-order valence-corrected chi connectivity index (χ1v) is 6.33. The molecule has 1 fully saturated rings. The van der Waals surface area contributed by atoms with Crippen molar-refractivity contribution < 1.29 is 0 Å². The van der Waals surface area contributed by atoms with Crippen LogP contribution >= 0.6 is 11.3 Å². The van der Waals surface area contributed by atoms with Crippen LogP contribution in [0.4, 0.5) is 0 Å². The first-order valence-electron chi connectivity index (χ1n) is 5.51. The molecule has 0 saturated heterocycles. The van der Waals surface area contributed by atoms with Crippen LogP contribution in [-0.2, 0) is 5.41 Å². The number of hydrogen-bond acceptors (Lipinski definition) is 3. The average molecular weight is 210 g/mol. The van der Waals surface area contributed by atoms with Crippen molar-refractivity contribution in [3.05, 3.63) is 10.0 Å². The zero-order valence-electron chi connectivity index (χ0n) is 9.05. The number of rotatable bonds is 1. The summed E-state index contributed by atoms with van der Waals surface area (Å²) in [5.41, 5.74) is 0.322. The Morgan fingerprint density at radius 2 is 1.71 bits per heavy atom. The molecule has 2 rings (SSSR count). The normalized spacial score (nSPS) is 21.9. The second-order valence-electron chi connectivity index (χ2n) is 4.60. The molecule has 0 atom stereocenters. The van der Waals surface area contributed by atoms with Crippen LogP contribution in [0.2, 0.25) is 0 Å². The van der Waals surface area contributed by atoms with Crippen molar-refractivity contribution in [3.63, 3.8) is 0 Å². The maximum atomic E-state index is 4.32. The highest BCUT2D eigenvalue weighted by Gasteiger charge is 2.30. The fourth-order valence-corrected chi connectivity index (χ4v) is 3.16. The fraction of sp³-hybridized carbons (Fsp3) is 0.818. The predicted molar refractivity (Wildman–Crippen MR) is 59.7 cm³/mol. The molecule has 0 aliphatic heterocycles. The Labute approximate surface area is 89.8 Å². The van der Waals surface area contributed by atoms with Crippen molar-refractivity contribution >= 4 is 11.3 Å². The summed E-state index contributed by atoms with van der Waals surface area (Å²) in [5.74, 6) is 0. The smallest absolute Gasteiger partial charge is 0.123 e. The minimum atomic E-state index is 0.322. The van der Waals surface area contributed by atoms with Gasteiger partial charge in [-0.15, -0.1) is 21.5 Å². The highest BCUT2D eigenvalue weighted by atomic mass is 32.1. The van der Waals surface area contributed by atoms with Crippen molar-refractivity contribution in [1.82, 2.24) is 10.2 Å². The van der Waals surface area contributed by atoms with Crippen molar-refractivity contribution in [2.24, 2.45) is 0 Å². The maximum absolute atomic E-state index is 4.32. The van der Waals surface area contributed by atoms with Gasteiger partial charge in [0.2, 0.25) is 0 Å². The van der Waals surface area contributed by atoms with Gasteiger partial charge in [-0.3, -0.25) is 0 Å². The third-order valence-corrected chi connectivity index (χ3v) is 4.39. The standard InChI is InChI=1S/C11H18N2S/c1-9-12-13-10(14-9)11(2)7-5-3-4-6-8-11/h3-8H2,1-2H3. The molecule has 0 amide bonds. The molecule has 1 aliphatic rings. The molecule has 78 valence electrons. The minimum absolute atomic E-state index is 0.322. The van der Waals surface area contributed by atoms with Crippen molar-refractivity contribution in [1.29, 1.82) is 0 Å². The number of aryl methyl sites for hydroxylation is 1. The largest absolute Gasteiger partial charge is 0.144 e. The van der Waals surface area contributed by atoms with Crippen LogP contribution in [0.3, 0.4) is 0 Å². The molecule has 1 aromatic rings. The zero-order chi connectivity index (χ0) is 10.0. The summed E-state index contributed by atoms with van der Waals surface area (Å²) in [6.45, 7) is 4.40. The highest BCUT2D eigenvalue weighted by molar-refractivity contribution is 7.11. The predicted octanol–water partition coefficient (Wildman–Crippen LogP) is 3.46. The molecule has 0 aromatic carbocycles. The molecule has 14 heavy (non-hydrogen) atoms. The van der Waals surface area contributed by atoms with E-state index >= 15 is 0 Å².